The van der Waals surface area contributed by atoms with Gasteiger partial charge in [0.1, 0.15) is 6.04 Å². The number of nitrogens with zero attached hydrogens (tertiary/aromatic N) is 1. The van der Waals surface area contributed by atoms with Crippen molar-refractivity contribution in [3.63, 3.8) is 0 Å². The molecule has 0 radical (unpaired) electrons. The molecule has 8 heteroatoms. The van der Waals surface area contributed by atoms with Crippen LogP contribution in [-0.2, 0) is 14.4 Å². The first-order valence-electron chi connectivity index (χ1n) is 11.3. The number of fused-ring (bicyclic) bond motifs is 2. The molecule has 2 fully saturated rings. The summed E-state index contributed by atoms with van der Waals surface area (Å²) in [6.45, 7) is 4.15. The molecule has 0 spiro atoms. The number of hydrogen-bond acceptors (Lipinski definition) is 5. The summed E-state index contributed by atoms with van der Waals surface area (Å²) >= 11 is 0. The van der Waals surface area contributed by atoms with Crippen LogP contribution in [0.1, 0.15) is 58.8 Å². The summed E-state index contributed by atoms with van der Waals surface area (Å²) in [5, 5.41) is 5.92. The van der Waals surface area contributed by atoms with Crippen molar-refractivity contribution in [3.8, 4) is 11.5 Å². The van der Waals surface area contributed by atoms with Crippen molar-refractivity contribution in [1.82, 2.24) is 10.2 Å². The number of carbonyl (C=O) groups is 3. The van der Waals surface area contributed by atoms with Crippen LogP contribution < -0.4 is 20.1 Å². The standard InChI is InChI=1S/C23H31N3O5/c1-3-14(4-2)23(29)26-17-8-6-5-7-16(17)25-22(28)18(26)12-21(27)24-15-9-10-19-20(11-15)31-13-30-19/h9-11,14,16-18H,3-8,12-13H2,1-2H3,(H,24,27)(H,25,28)/t16-,17-,18+/m0/s1. The molecule has 1 aliphatic carbocycles. The minimum atomic E-state index is -0.790. The SMILES string of the molecule is CCC(CC)C(=O)N1[C@H](CC(=O)Nc2ccc3c(c2)OCO3)C(=O)N[C@H]2CCCC[C@@H]21. The van der Waals surface area contributed by atoms with Gasteiger partial charge in [0, 0.05) is 23.7 Å². The van der Waals surface area contributed by atoms with Crippen LogP contribution in [0.4, 0.5) is 5.69 Å². The summed E-state index contributed by atoms with van der Waals surface area (Å²) in [4.78, 5) is 41.0. The predicted octanol–water partition coefficient (Wildman–Crippen LogP) is 2.82. The van der Waals surface area contributed by atoms with E-state index >= 15 is 0 Å². The van der Waals surface area contributed by atoms with Crippen LogP contribution in [0.3, 0.4) is 0 Å². The van der Waals surface area contributed by atoms with E-state index in [1.807, 2.05) is 13.8 Å². The second-order valence-electron chi connectivity index (χ2n) is 8.56. The highest BCUT2D eigenvalue weighted by Crippen LogP contribution is 2.35. The summed E-state index contributed by atoms with van der Waals surface area (Å²) < 4.78 is 10.7. The van der Waals surface area contributed by atoms with Gasteiger partial charge in [-0.05, 0) is 37.8 Å². The maximum absolute atomic E-state index is 13.4. The molecule has 0 bridgehead atoms. The summed E-state index contributed by atoms with van der Waals surface area (Å²) in [6.07, 6.45) is 5.18. The Kier molecular flexibility index (Phi) is 6.34. The van der Waals surface area contributed by atoms with Crippen molar-refractivity contribution >= 4 is 23.4 Å². The van der Waals surface area contributed by atoms with Gasteiger partial charge < -0.3 is 25.0 Å². The maximum Gasteiger partial charge on any atom is 0.243 e. The van der Waals surface area contributed by atoms with Gasteiger partial charge in [-0.2, -0.15) is 0 Å². The molecule has 1 aromatic rings. The highest BCUT2D eigenvalue weighted by Gasteiger charge is 2.46. The first-order chi connectivity index (χ1) is 15.0. The van der Waals surface area contributed by atoms with Crippen LogP contribution in [0.2, 0.25) is 0 Å². The fraction of sp³-hybridized carbons (Fsp3) is 0.609. The van der Waals surface area contributed by atoms with Gasteiger partial charge in [0.2, 0.25) is 24.5 Å². The summed E-state index contributed by atoms with van der Waals surface area (Å²) in [7, 11) is 0. The normalized spacial score (nSPS) is 24.5. The van der Waals surface area contributed by atoms with Crippen LogP contribution in [0.25, 0.3) is 0 Å². The molecule has 3 amide bonds. The molecule has 1 saturated carbocycles. The van der Waals surface area contributed by atoms with Crippen LogP contribution in [0.15, 0.2) is 18.2 Å². The number of nitrogens with one attached hydrogen (secondary N) is 2. The Bertz CT molecular complexity index is 854. The van der Waals surface area contributed by atoms with E-state index in [1.165, 1.54) is 0 Å². The number of carbonyl (C=O) groups excluding carboxylic acids is 3. The van der Waals surface area contributed by atoms with Crippen molar-refractivity contribution in [2.24, 2.45) is 5.92 Å². The zero-order valence-corrected chi connectivity index (χ0v) is 18.2. The van der Waals surface area contributed by atoms with E-state index in [9.17, 15) is 14.4 Å². The number of amides is 3. The molecule has 2 N–H and O–H groups in total. The zero-order chi connectivity index (χ0) is 22.0. The van der Waals surface area contributed by atoms with E-state index in [0.717, 1.165) is 38.5 Å². The minimum Gasteiger partial charge on any atom is -0.454 e. The highest BCUT2D eigenvalue weighted by atomic mass is 16.7. The molecule has 2 heterocycles. The number of hydrogen-bond donors (Lipinski definition) is 2. The third-order valence-electron chi connectivity index (χ3n) is 6.68. The average Bonchev–Trinajstić information content (AvgIpc) is 3.23. The molecule has 0 unspecified atom stereocenters. The minimum absolute atomic E-state index is 0.00219. The topological polar surface area (TPSA) is 97.0 Å². The van der Waals surface area contributed by atoms with Crippen molar-refractivity contribution in [2.45, 2.75) is 76.9 Å². The summed E-state index contributed by atoms with van der Waals surface area (Å²) in [6, 6.07) is 4.32. The molecule has 8 nitrogen and oxygen atoms in total. The van der Waals surface area contributed by atoms with Gasteiger partial charge in [-0.25, -0.2) is 0 Å². The van der Waals surface area contributed by atoms with E-state index in [1.54, 1.807) is 23.1 Å². The molecular formula is C23H31N3O5. The molecule has 4 rings (SSSR count). The fourth-order valence-corrected chi connectivity index (χ4v) is 4.97. The van der Waals surface area contributed by atoms with Crippen molar-refractivity contribution in [3.05, 3.63) is 18.2 Å². The van der Waals surface area contributed by atoms with E-state index < -0.39 is 6.04 Å². The Morgan fingerprint density at radius 2 is 1.90 bits per heavy atom. The van der Waals surface area contributed by atoms with E-state index in [4.69, 9.17) is 9.47 Å². The number of piperazine rings is 1. The Morgan fingerprint density at radius 3 is 2.68 bits per heavy atom. The average molecular weight is 430 g/mol. The van der Waals surface area contributed by atoms with Gasteiger partial charge in [0.15, 0.2) is 11.5 Å². The monoisotopic (exact) mass is 429 g/mol. The third-order valence-corrected chi connectivity index (χ3v) is 6.68. The summed E-state index contributed by atoms with van der Waals surface area (Å²) in [5.41, 5.74) is 0.568. The molecule has 0 aromatic heterocycles. The third kappa shape index (κ3) is 4.34. The van der Waals surface area contributed by atoms with E-state index in [-0.39, 0.29) is 48.9 Å². The van der Waals surface area contributed by atoms with Gasteiger partial charge in [-0.1, -0.05) is 26.7 Å². The molecule has 1 saturated heterocycles. The Morgan fingerprint density at radius 1 is 1.16 bits per heavy atom. The Labute approximate surface area is 182 Å². The van der Waals surface area contributed by atoms with Crippen molar-refractivity contribution in [1.29, 1.82) is 0 Å². The van der Waals surface area contributed by atoms with E-state index in [0.29, 0.717) is 17.2 Å². The van der Waals surface area contributed by atoms with E-state index in [2.05, 4.69) is 10.6 Å². The number of ether oxygens (including phenoxy) is 2. The quantitative estimate of drug-likeness (QED) is 0.725. The van der Waals surface area contributed by atoms with Gasteiger partial charge in [-0.15, -0.1) is 0 Å². The second kappa shape index (κ2) is 9.16. The smallest absolute Gasteiger partial charge is 0.243 e. The first kappa shape index (κ1) is 21.5. The molecule has 31 heavy (non-hydrogen) atoms. The lowest BCUT2D eigenvalue weighted by Crippen LogP contribution is -2.68. The van der Waals surface area contributed by atoms with Crippen LogP contribution in [0.5, 0.6) is 11.5 Å². The number of benzene rings is 1. The van der Waals surface area contributed by atoms with Gasteiger partial charge >= 0.3 is 0 Å². The van der Waals surface area contributed by atoms with Crippen LogP contribution >= 0.6 is 0 Å². The Balaban J connectivity index is 1.52. The molecule has 168 valence electrons. The summed E-state index contributed by atoms with van der Waals surface area (Å²) in [5.74, 6) is 0.531. The Hall–Kier alpha value is -2.77. The van der Waals surface area contributed by atoms with Gasteiger partial charge in [0.05, 0.1) is 12.5 Å². The fourth-order valence-electron chi connectivity index (χ4n) is 4.97. The molecular weight excluding hydrogens is 398 g/mol. The molecule has 2 aliphatic heterocycles. The maximum atomic E-state index is 13.4. The highest BCUT2D eigenvalue weighted by molar-refractivity contribution is 5.98. The number of rotatable bonds is 6. The molecule has 3 aliphatic rings. The predicted molar refractivity (Wildman–Crippen MR) is 115 cm³/mol. The van der Waals surface area contributed by atoms with Crippen LogP contribution in [0, 0.1) is 5.92 Å². The lowest BCUT2D eigenvalue weighted by Gasteiger charge is -2.49. The molecule has 1 aromatic carbocycles. The number of anilines is 1. The largest absolute Gasteiger partial charge is 0.454 e. The van der Waals surface area contributed by atoms with Gasteiger partial charge in [0.25, 0.3) is 0 Å². The zero-order valence-electron chi connectivity index (χ0n) is 18.2. The lowest BCUT2D eigenvalue weighted by molar-refractivity contribution is -0.154. The lowest BCUT2D eigenvalue weighted by atomic mass is 9.84. The van der Waals surface area contributed by atoms with Crippen molar-refractivity contribution in [2.75, 3.05) is 12.1 Å². The van der Waals surface area contributed by atoms with Gasteiger partial charge in [-0.3, -0.25) is 14.4 Å². The first-order valence-corrected chi connectivity index (χ1v) is 11.3. The molecule has 3 atom stereocenters. The van der Waals surface area contributed by atoms with Crippen molar-refractivity contribution < 1.29 is 23.9 Å². The second-order valence-corrected chi connectivity index (χ2v) is 8.56. The van der Waals surface area contributed by atoms with Crippen LogP contribution in [-0.4, -0.2) is 47.5 Å².